The first-order valence-electron chi connectivity index (χ1n) is 7.71. The lowest BCUT2D eigenvalue weighted by Gasteiger charge is -2.38. The summed E-state index contributed by atoms with van der Waals surface area (Å²) in [5.74, 6) is 0.144. The molecule has 2 heteroatoms. The smallest absolute Gasteiger partial charge is 0.0620 e. The minimum atomic E-state index is -0.343. The first-order chi connectivity index (χ1) is 10.2. The Hall–Kier alpha value is -1.64. The van der Waals surface area contributed by atoms with E-state index in [-0.39, 0.29) is 18.1 Å². The van der Waals surface area contributed by atoms with Gasteiger partial charge in [-0.05, 0) is 30.9 Å². The summed E-state index contributed by atoms with van der Waals surface area (Å²) in [7, 11) is 0. The number of hydrogen-bond donors (Lipinski definition) is 2. The summed E-state index contributed by atoms with van der Waals surface area (Å²) in [6.07, 6.45) is 2.43. The summed E-state index contributed by atoms with van der Waals surface area (Å²) >= 11 is 0. The van der Waals surface area contributed by atoms with Crippen LogP contribution in [0.1, 0.15) is 36.8 Å². The molecule has 110 valence electrons. The van der Waals surface area contributed by atoms with Gasteiger partial charge in [0.1, 0.15) is 0 Å². The average molecular weight is 281 g/mol. The molecule has 0 aliphatic heterocycles. The summed E-state index contributed by atoms with van der Waals surface area (Å²) in [5.41, 5.74) is 2.14. The van der Waals surface area contributed by atoms with Crippen LogP contribution in [0.4, 0.5) is 0 Å². The predicted molar refractivity (Wildman–Crippen MR) is 86.4 cm³/mol. The van der Waals surface area contributed by atoms with E-state index >= 15 is 0 Å². The van der Waals surface area contributed by atoms with E-state index in [0.29, 0.717) is 6.04 Å². The molecule has 2 aromatic rings. The van der Waals surface area contributed by atoms with E-state index in [4.69, 9.17) is 0 Å². The molecule has 0 spiro atoms. The quantitative estimate of drug-likeness (QED) is 0.851. The monoisotopic (exact) mass is 281 g/mol. The van der Waals surface area contributed by atoms with E-state index < -0.39 is 0 Å². The zero-order chi connectivity index (χ0) is 14.7. The third-order valence-corrected chi connectivity index (χ3v) is 4.34. The molecule has 0 saturated heterocycles. The second kappa shape index (κ2) is 6.00. The highest BCUT2D eigenvalue weighted by Gasteiger charge is 2.39. The maximum absolute atomic E-state index is 10.1. The first kappa shape index (κ1) is 14.3. The van der Waals surface area contributed by atoms with Crippen molar-refractivity contribution in [2.75, 3.05) is 6.61 Å². The van der Waals surface area contributed by atoms with Crippen molar-refractivity contribution < 1.29 is 5.11 Å². The second-order valence-electron chi connectivity index (χ2n) is 6.25. The van der Waals surface area contributed by atoms with Gasteiger partial charge in [0, 0.05) is 17.5 Å². The van der Waals surface area contributed by atoms with Gasteiger partial charge in [0.2, 0.25) is 0 Å². The maximum atomic E-state index is 10.1. The molecule has 1 atom stereocenters. The zero-order valence-electron chi connectivity index (χ0n) is 12.5. The fraction of sp³-hybridized carbons (Fsp3) is 0.368. The van der Waals surface area contributed by atoms with E-state index in [1.807, 2.05) is 12.1 Å². The highest BCUT2D eigenvalue weighted by molar-refractivity contribution is 5.36. The van der Waals surface area contributed by atoms with Crippen LogP contribution in [0.5, 0.6) is 0 Å². The van der Waals surface area contributed by atoms with Gasteiger partial charge in [-0.25, -0.2) is 0 Å². The number of aliphatic hydroxyl groups is 1. The van der Waals surface area contributed by atoms with Crippen LogP contribution in [0.25, 0.3) is 0 Å². The molecule has 1 fully saturated rings. The Morgan fingerprint density at radius 2 is 1.48 bits per heavy atom. The van der Waals surface area contributed by atoms with E-state index in [2.05, 4.69) is 60.8 Å². The second-order valence-corrected chi connectivity index (χ2v) is 6.25. The van der Waals surface area contributed by atoms with Gasteiger partial charge in [-0.2, -0.15) is 0 Å². The van der Waals surface area contributed by atoms with Crippen LogP contribution < -0.4 is 5.32 Å². The number of nitrogens with one attached hydrogen (secondary N) is 1. The van der Waals surface area contributed by atoms with E-state index in [1.54, 1.807) is 0 Å². The zero-order valence-corrected chi connectivity index (χ0v) is 12.5. The Kier molecular flexibility index (Phi) is 4.09. The van der Waals surface area contributed by atoms with Crippen molar-refractivity contribution >= 4 is 0 Å². The Morgan fingerprint density at radius 1 is 1.00 bits per heavy atom. The van der Waals surface area contributed by atoms with Crippen LogP contribution in [0.3, 0.4) is 0 Å². The largest absolute Gasteiger partial charge is 0.394 e. The summed E-state index contributed by atoms with van der Waals surface area (Å²) in [4.78, 5) is 0. The molecule has 0 heterocycles. The van der Waals surface area contributed by atoms with Crippen molar-refractivity contribution in [1.82, 2.24) is 5.32 Å². The van der Waals surface area contributed by atoms with Crippen molar-refractivity contribution in [3.05, 3.63) is 71.8 Å². The minimum Gasteiger partial charge on any atom is -0.394 e. The van der Waals surface area contributed by atoms with Crippen molar-refractivity contribution in [3.63, 3.8) is 0 Å². The van der Waals surface area contributed by atoms with Crippen LogP contribution in [0.2, 0.25) is 0 Å². The van der Waals surface area contributed by atoms with Crippen LogP contribution in [-0.2, 0) is 0 Å². The van der Waals surface area contributed by atoms with Gasteiger partial charge in [0.05, 0.1) is 6.61 Å². The fourth-order valence-electron chi connectivity index (χ4n) is 3.13. The summed E-state index contributed by atoms with van der Waals surface area (Å²) in [6, 6.07) is 21.5. The van der Waals surface area contributed by atoms with Crippen LogP contribution in [-0.4, -0.2) is 23.3 Å². The molecular weight excluding hydrogens is 258 g/mol. The van der Waals surface area contributed by atoms with Gasteiger partial charge in [-0.1, -0.05) is 60.7 Å². The van der Waals surface area contributed by atoms with Crippen LogP contribution in [0, 0.1) is 0 Å². The summed E-state index contributed by atoms with van der Waals surface area (Å²) < 4.78 is 0. The Bertz CT molecular complexity index is 525. The standard InChI is InChI=1S/C19H23NO/c1-19(14-21,20-17-12-13-17)18(15-8-4-2-5-9-15)16-10-6-3-7-11-16/h2-11,17-18,20-21H,12-14H2,1H3. The molecule has 2 nitrogen and oxygen atoms in total. The highest BCUT2D eigenvalue weighted by Crippen LogP contribution is 2.37. The van der Waals surface area contributed by atoms with Gasteiger partial charge in [0.25, 0.3) is 0 Å². The molecule has 0 radical (unpaired) electrons. The lowest BCUT2D eigenvalue weighted by Crippen LogP contribution is -2.52. The predicted octanol–water partition coefficient (Wildman–Crippen LogP) is 3.32. The molecule has 0 aromatic heterocycles. The molecule has 1 aliphatic carbocycles. The molecule has 21 heavy (non-hydrogen) atoms. The number of aliphatic hydroxyl groups excluding tert-OH is 1. The number of benzene rings is 2. The van der Waals surface area contributed by atoms with Gasteiger partial charge in [-0.15, -0.1) is 0 Å². The molecule has 1 unspecified atom stereocenters. The summed E-state index contributed by atoms with van der Waals surface area (Å²) in [5, 5.41) is 13.8. The van der Waals surface area contributed by atoms with Crippen molar-refractivity contribution in [1.29, 1.82) is 0 Å². The molecule has 2 N–H and O–H groups in total. The third kappa shape index (κ3) is 3.17. The van der Waals surface area contributed by atoms with Crippen LogP contribution >= 0.6 is 0 Å². The third-order valence-electron chi connectivity index (χ3n) is 4.34. The lowest BCUT2D eigenvalue weighted by molar-refractivity contribution is 0.157. The maximum Gasteiger partial charge on any atom is 0.0620 e. The molecule has 0 bridgehead atoms. The van der Waals surface area contributed by atoms with E-state index in [9.17, 15) is 5.11 Å². The molecule has 2 aromatic carbocycles. The van der Waals surface area contributed by atoms with Crippen LogP contribution in [0.15, 0.2) is 60.7 Å². The van der Waals surface area contributed by atoms with Gasteiger partial charge in [0.15, 0.2) is 0 Å². The van der Waals surface area contributed by atoms with Crippen molar-refractivity contribution in [2.45, 2.75) is 37.3 Å². The molecule has 1 saturated carbocycles. The topological polar surface area (TPSA) is 32.3 Å². The summed E-state index contributed by atoms with van der Waals surface area (Å²) in [6.45, 7) is 2.26. The minimum absolute atomic E-state index is 0.123. The average Bonchev–Trinajstić information content (AvgIpc) is 3.33. The molecule has 1 aliphatic rings. The van der Waals surface area contributed by atoms with E-state index in [0.717, 1.165) is 0 Å². The number of rotatable bonds is 6. The first-order valence-corrected chi connectivity index (χ1v) is 7.71. The van der Waals surface area contributed by atoms with Gasteiger partial charge in [-0.3, -0.25) is 0 Å². The lowest BCUT2D eigenvalue weighted by atomic mass is 9.76. The van der Waals surface area contributed by atoms with Gasteiger partial charge >= 0.3 is 0 Å². The normalized spacial score (nSPS) is 17.7. The Balaban J connectivity index is 2.02. The SMILES string of the molecule is CC(CO)(NC1CC1)C(c1ccccc1)c1ccccc1. The fourth-order valence-corrected chi connectivity index (χ4v) is 3.13. The number of hydrogen-bond acceptors (Lipinski definition) is 2. The highest BCUT2D eigenvalue weighted by atomic mass is 16.3. The molecule has 0 amide bonds. The molecular formula is C19H23NO. The Labute approximate surface area is 126 Å². The van der Waals surface area contributed by atoms with Crippen molar-refractivity contribution in [3.8, 4) is 0 Å². The van der Waals surface area contributed by atoms with E-state index in [1.165, 1.54) is 24.0 Å². The van der Waals surface area contributed by atoms with Gasteiger partial charge < -0.3 is 10.4 Å². The Morgan fingerprint density at radius 3 is 1.86 bits per heavy atom. The van der Waals surface area contributed by atoms with Crippen molar-refractivity contribution in [2.24, 2.45) is 0 Å². The molecule has 3 rings (SSSR count).